The molecule has 240 valence electrons. The van der Waals surface area contributed by atoms with Gasteiger partial charge in [0.1, 0.15) is 11.3 Å². The Morgan fingerprint density at radius 1 is 0.745 bits per heavy atom. The number of hydrogen-bond acceptors (Lipinski definition) is 4. The van der Waals surface area contributed by atoms with E-state index >= 15 is 0 Å². The molecule has 4 aromatic rings. The Bertz CT molecular complexity index is 2040. The minimum atomic E-state index is -0.0722. The van der Waals surface area contributed by atoms with Crippen molar-refractivity contribution in [2.45, 2.75) is 43.4 Å². The van der Waals surface area contributed by atoms with E-state index in [0.29, 0.717) is 5.41 Å². The Morgan fingerprint density at radius 2 is 1.43 bits per heavy atom. The second kappa shape index (κ2) is 13.4. The fourth-order valence-corrected chi connectivity index (χ4v) is 9.29. The number of anilines is 2. The van der Waals surface area contributed by atoms with Crippen molar-refractivity contribution in [3.63, 3.8) is 0 Å². The van der Waals surface area contributed by atoms with Gasteiger partial charge in [-0.25, -0.2) is 4.31 Å². The van der Waals surface area contributed by atoms with Crippen molar-refractivity contribution in [2.24, 2.45) is 11.3 Å². The zero-order valence-corrected chi connectivity index (χ0v) is 29.7. The smallest absolute Gasteiger partial charge is 0.137 e. The molecule has 7 rings (SSSR count). The van der Waals surface area contributed by atoms with Crippen LogP contribution in [-0.4, -0.2) is 30.7 Å². The summed E-state index contributed by atoms with van der Waals surface area (Å²) in [5.41, 5.74) is 7.15. The molecule has 0 aromatic heterocycles. The van der Waals surface area contributed by atoms with Gasteiger partial charge >= 0.3 is 0 Å². The van der Waals surface area contributed by atoms with Crippen LogP contribution in [0.4, 0.5) is 11.4 Å². The van der Waals surface area contributed by atoms with Gasteiger partial charge in [0.2, 0.25) is 0 Å². The third-order valence-corrected chi connectivity index (χ3v) is 12.8. The van der Waals surface area contributed by atoms with Crippen LogP contribution in [0, 0.1) is 15.8 Å². The first-order valence-electron chi connectivity index (χ1n) is 16.6. The van der Waals surface area contributed by atoms with Gasteiger partial charge < -0.3 is 9.32 Å². The van der Waals surface area contributed by atoms with Crippen LogP contribution in [0.1, 0.15) is 33.6 Å². The molecule has 1 saturated heterocycles. The SMILES string of the molecule is CN(c1ccccc1)c1ccc2c(-c3ccccc3SN3CCC(C(C)(C)C)CC3)c3ccc(=S(C)c4ccccc4)cc-3oc2c1. The number of piperidine rings is 1. The van der Waals surface area contributed by atoms with E-state index in [2.05, 4.69) is 165 Å². The largest absolute Gasteiger partial charge is 0.456 e. The summed E-state index contributed by atoms with van der Waals surface area (Å²) in [6.45, 7) is 9.40. The lowest BCUT2D eigenvalue weighted by Crippen LogP contribution is -2.34. The summed E-state index contributed by atoms with van der Waals surface area (Å²) >= 11 is 1.92. The van der Waals surface area contributed by atoms with Crippen LogP contribution < -0.4 is 4.90 Å². The van der Waals surface area contributed by atoms with Crippen LogP contribution in [0.3, 0.4) is 0 Å². The van der Waals surface area contributed by atoms with E-state index in [1.165, 1.54) is 38.3 Å². The maximum Gasteiger partial charge on any atom is 0.137 e. The summed E-state index contributed by atoms with van der Waals surface area (Å²) in [7, 11) is 2.05. The quantitative estimate of drug-likeness (QED) is 0.101. The molecule has 2 aliphatic heterocycles. The molecule has 1 atom stereocenters. The minimum absolute atomic E-state index is 0.0722. The van der Waals surface area contributed by atoms with E-state index in [-0.39, 0.29) is 10.5 Å². The zero-order valence-electron chi connectivity index (χ0n) is 28.1. The fraction of sp³-hybridized carbons (Fsp3) is 0.262. The molecule has 0 amide bonds. The molecule has 4 aromatic carbocycles. The summed E-state index contributed by atoms with van der Waals surface area (Å²) in [6.07, 6.45) is 4.80. The Balaban J connectivity index is 1.37. The second-order valence-corrected chi connectivity index (χ2v) is 16.8. The highest BCUT2D eigenvalue weighted by molar-refractivity contribution is 8.08. The van der Waals surface area contributed by atoms with Gasteiger partial charge in [0.15, 0.2) is 0 Å². The maximum absolute atomic E-state index is 6.86. The normalized spacial score (nSPS) is 15.6. The Labute approximate surface area is 286 Å². The maximum atomic E-state index is 6.86. The van der Waals surface area contributed by atoms with Gasteiger partial charge in [0.05, 0.1) is 0 Å². The molecule has 2 heterocycles. The second-order valence-electron chi connectivity index (χ2n) is 13.7. The average Bonchev–Trinajstić information content (AvgIpc) is 3.10. The first-order chi connectivity index (χ1) is 22.8. The minimum Gasteiger partial charge on any atom is -0.456 e. The standard InChI is InChI=1S/C42H44N2OS2/c1-42(2,3)30-24-26-44(27-25-30)46-40-19-13-12-18-37(40)41-35-22-20-32(43(4)31-14-8-6-9-15-31)28-38(35)45-39-29-34(21-23-36(39)41)47(5)33-16-10-7-11-17-33/h6-23,28-30H,24-27H2,1-5H3. The summed E-state index contributed by atoms with van der Waals surface area (Å²) in [6, 6.07) is 43.8. The fourth-order valence-electron chi connectivity index (χ4n) is 6.81. The van der Waals surface area contributed by atoms with Crippen LogP contribution in [-0.2, 0) is 0 Å². The molecular weight excluding hydrogens is 613 g/mol. The van der Waals surface area contributed by atoms with Gasteiger partial charge in [-0.2, -0.15) is 10.5 Å². The van der Waals surface area contributed by atoms with Gasteiger partial charge in [-0.05, 0) is 109 Å². The molecule has 0 saturated carbocycles. The van der Waals surface area contributed by atoms with Crippen LogP contribution in [0.5, 0.6) is 0 Å². The molecule has 3 aliphatic rings. The number of hydrogen-bond donors (Lipinski definition) is 0. The lowest BCUT2D eigenvalue weighted by Gasteiger charge is -2.38. The van der Waals surface area contributed by atoms with Gasteiger partial charge in [0.25, 0.3) is 0 Å². The molecule has 0 radical (unpaired) electrons. The summed E-state index contributed by atoms with van der Waals surface area (Å²) < 4.78 is 10.7. The van der Waals surface area contributed by atoms with Gasteiger partial charge in [-0.1, -0.05) is 75.4 Å². The number of para-hydroxylation sites is 1. The number of rotatable bonds is 6. The molecule has 47 heavy (non-hydrogen) atoms. The van der Waals surface area contributed by atoms with Crippen LogP contribution in [0.2, 0.25) is 0 Å². The lowest BCUT2D eigenvalue weighted by molar-refractivity contribution is 0.159. The predicted molar refractivity (Wildman–Crippen MR) is 204 cm³/mol. The van der Waals surface area contributed by atoms with E-state index in [1.807, 2.05) is 11.9 Å². The van der Waals surface area contributed by atoms with E-state index in [4.69, 9.17) is 4.42 Å². The molecule has 0 N–H and O–H groups in total. The van der Waals surface area contributed by atoms with E-state index in [9.17, 15) is 0 Å². The monoisotopic (exact) mass is 656 g/mol. The Morgan fingerprint density at radius 3 is 2.15 bits per heavy atom. The molecule has 1 aliphatic carbocycles. The summed E-state index contributed by atoms with van der Waals surface area (Å²) in [4.78, 5) is 4.85. The van der Waals surface area contributed by atoms with Gasteiger partial charge in [-0.3, -0.25) is 0 Å². The van der Waals surface area contributed by atoms with Crippen molar-refractivity contribution in [3.8, 4) is 22.5 Å². The molecule has 1 unspecified atom stereocenters. The molecule has 0 bridgehead atoms. The summed E-state index contributed by atoms with van der Waals surface area (Å²) in [5.74, 6) is 1.69. The molecule has 5 heteroatoms. The highest BCUT2D eigenvalue weighted by Gasteiger charge is 2.30. The summed E-state index contributed by atoms with van der Waals surface area (Å²) in [5, 5.41) is 1.13. The number of fused-ring (bicyclic) bond motifs is 2. The number of nitrogens with zero attached hydrogens (tertiary/aromatic N) is 2. The van der Waals surface area contributed by atoms with E-state index in [0.717, 1.165) is 52.7 Å². The molecule has 3 nitrogen and oxygen atoms in total. The molecular formula is C42H44N2OS2. The molecule has 0 spiro atoms. The average molecular weight is 657 g/mol. The van der Waals surface area contributed by atoms with Crippen molar-refractivity contribution in [3.05, 3.63) is 126 Å². The van der Waals surface area contributed by atoms with E-state index < -0.39 is 0 Å². The molecule has 1 fully saturated rings. The zero-order chi connectivity index (χ0) is 32.5. The van der Waals surface area contributed by atoms with Crippen molar-refractivity contribution in [1.29, 1.82) is 0 Å². The number of benzene rings is 5. The topological polar surface area (TPSA) is 19.6 Å². The van der Waals surface area contributed by atoms with Crippen molar-refractivity contribution in [2.75, 3.05) is 31.3 Å². The predicted octanol–water partition coefficient (Wildman–Crippen LogP) is 12.2. The van der Waals surface area contributed by atoms with E-state index in [1.54, 1.807) is 0 Å². The first kappa shape index (κ1) is 31.8. The lowest BCUT2D eigenvalue weighted by atomic mass is 9.76. The third kappa shape index (κ3) is 6.67. The Kier molecular flexibility index (Phi) is 9.06. The van der Waals surface area contributed by atoms with Crippen LogP contribution in [0.15, 0.2) is 136 Å². The van der Waals surface area contributed by atoms with Crippen molar-refractivity contribution >= 4 is 44.8 Å². The van der Waals surface area contributed by atoms with Crippen molar-refractivity contribution in [1.82, 2.24) is 4.31 Å². The van der Waals surface area contributed by atoms with Crippen LogP contribution in [0.25, 0.3) is 33.4 Å². The highest BCUT2D eigenvalue weighted by Crippen LogP contribution is 2.46. The van der Waals surface area contributed by atoms with Crippen molar-refractivity contribution < 1.29 is 4.42 Å². The third-order valence-electron chi connectivity index (χ3n) is 9.72. The van der Waals surface area contributed by atoms with Gasteiger partial charge in [0, 0.05) is 68.4 Å². The van der Waals surface area contributed by atoms with Gasteiger partial charge in [-0.15, -0.1) is 0 Å². The first-order valence-corrected chi connectivity index (χ1v) is 19.0. The Hall–Kier alpha value is -3.77. The van der Waals surface area contributed by atoms with Crippen LogP contribution >= 0.6 is 22.4 Å². The highest BCUT2D eigenvalue weighted by atomic mass is 32.2.